The van der Waals surface area contributed by atoms with Crippen LogP contribution in [0.1, 0.15) is 11.4 Å². The van der Waals surface area contributed by atoms with Crippen LogP contribution in [0.25, 0.3) is 5.95 Å². The van der Waals surface area contributed by atoms with Gasteiger partial charge in [0.25, 0.3) is 5.95 Å². The number of aryl methyl sites for hydroxylation is 1. The van der Waals surface area contributed by atoms with Gasteiger partial charge in [-0.3, -0.25) is 0 Å². The molecule has 0 fully saturated rings. The van der Waals surface area contributed by atoms with E-state index in [-0.39, 0.29) is 0 Å². The fourth-order valence-electron chi connectivity index (χ4n) is 1.23. The molecule has 0 aliphatic carbocycles. The van der Waals surface area contributed by atoms with Crippen LogP contribution >= 0.6 is 11.6 Å². The van der Waals surface area contributed by atoms with Crippen LogP contribution in [0.2, 0.25) is 5.02 Å². The van der Waals surface area contributed by atoms with Crippen LogP contribution < -0.4 is 5.73 Å². The second-order valence-electron chi connectivity index (χ2n) is 3.11. The fraction of sp³-hybridized carbons (Fsp3) is 0.222. The number of aromatic nitrogens is 4. The molecule has 0 aliphatic heterocycles. The van der Waals surface area contributed by atoms with Crippen molar-refractivity contribution in [1.82, 2.24) is 19.7 Å². The first-order valence-corrected chi connectivity index (χ1v) is 4.82. The fourth-order valence-corrected chi connectivity index (χ4v) is 1.37. The molecule has 2 aromatic heterocycles. The van der Waals surface area contributed by atoms with Crippen molar-refractivity contribution in [2.24, 2.45) is 5.73 Å². The molecule has 0 aromatic carbocycles. The Bertz CT molecular complexity index is 479. The molecular formula is C9H10ClN5. The van der Waals surface area contributed by atoms with Crippen LogP contribution in [-0.4, -0.2) is 19.7 Å². The normalized spacial score (nSPS) is 10.6. The summed E-state index contributed by atoms with van der Waals surface area (Å²) in [5, 5.41) is 4.57. The van der Waals surface area contributed by atoms with Gasteiger partial charge < -0.3 is 5.73 Å². The number of hydrogen-bond acceptors (Lipinski definition) is 4. The zero-order chi connectivity index (χ0) is 10.8. The first-order chi connectivity index (χ1) is 7.19. The van der Waals surface area contributed by atoms with Gasteiger partial charge in [-0.2, -0.15) is 5.10 Å². The molecule has 0 saturated carbocycles. The van der Waals surface area contributed by atoms with E-state index in [2.05, 4.69) is 15.1 Å². The highest BCUT2D eigenvalue weighted by molar-refractivity contribution is 6.30. The minimum Gasteiger partial charge on any atom is -0.325 e. The average Bonchev–Trinajstić information content (AvgIpc) is 2.64. The third-order valence-electron chi connectivity index (χ3n) is 1.86. The number of nitrogens with zero attached hydrogens (tertiary/aromatic N) is 4. The highest BCUT2D eigenvalue weighted by Gasteiger charge is 2.04. The van der Waals surface area contributed by atoms with Crippen LogP contribution in [0.15, 0.2) is 18.5 Å². The minimum atomic E-state index is 0.380. The van der Waals surface area contributed by atoms with Gasteiger partial charge in [-0.1, -0.05) is 11.6 Å². The molecule has 15 heavy (non-hydrogen) atoms. The molecule has 0 radical (unpaired) electrons. The Morgan fingerprint density at radius 2 is 2.27 bits per heavy atom. The summed E-state index contributed by atoms with van der Waals surface area (Å²) < 4.78 is 1.52. The Hall–Kier alpha value is -1.46. The third kappa shape index (κ3) is 2.14. The van der Waals surface area contributed by atoms with Gasteiger partial charge in [0, 0.05) is 12.2 Å². The summed E-state index contributed by atoms with van der Waals surface area (Å²) in [5.41, 5.74) is 7.16. The van der Waals surface area contributed by atoms with E-state index in [0.717, 1.165) is 11.4 Å². The Kier molecular flexibility index (Phi) is 2.66. The van der Waals surface area contributed by atoms with Crippen LogP contribution in [0.3, 0.4) is 0 Å². The van der Waals surface area contributed by atoms with Crippen LogP contribution in [-0.2, 0) is 6.54 Å². The molecule has 0 saturated heterocycles. The molecule has 2 N–H and O–H groups in total. The van der Waals surface area contributed by atoms with Crippen LogP contribution in [0, 0.1) is 6.92 Å². The van der Waals surface area contributed by atoms with Gasteiger partial charge in [0.1, 0.15) is 0 Å². The molecule has 5 nitrogen and oxygen atoms in total. The standard InChI is InChI=1S/C9H10ClN5/c1-6-2-8(3-11)14-9(13-6)15-5-7(10)4-12-15/h2,4-5H,3,11H2,1H3. The van der Waals surface area contributed by atoms with Crippen LogP contribution in [0.5, 0.6) is 0 Å². The SMILES string of the molecule is Cc1cc(CN)nc(-n2cc(Cl)cn2)n1. The molecular weight excluding hydrogens is 214 g/mol. The summed E-state index contributed by atoms with van der Waals surface area (Å²) in [6.07, 6.45) is 3.19. The molecule has 0 aliphatic rings. The highest BCUT2D eigenvalue weighted by Crippen LogP contribution is 2.09. The van der Waals surface area contributed by atoms with Gasteiger partial charge in [0.2, 0.25) is 0 Å². The number of rotatable bonds is 2. The summed E-state index contributed by atoms with van der Waals surface area (Å²) in [6, 6.07) is 1.84. The first kappa shape index (κ1) is 10.1. The topological polar surface area (TPSA) is 69.6 Å². The summed E-state index contributed by atoms with van der Waals surface area (Å²) in [4.78, 5) is 8.48. The van der Waals surface area contributed by atoms with Gasteiger partial charge in [-0.25, -0.2) is 14.6 Å². The molecule has 2 aromatic rings. The maximum absolute atomic E-state index is 5.76. The largest absolute Gasteiger partial charge is 0.325 e. The van der Waals surface area contributed by atoms with Gasteiger partial charge in [-0.05, 0) is 13.0 Å². The lowest BCUT2D eigenvalue weighted by atomic mass is 10.3. The lowest BCUT2D eigenvalue weighted by Crippen LogP contribution is -2.08. The Morgan fingerprint density at radius 3 is 2.87 bits per heavy atom. The summed E-state index contributed by atoms with van der Waals surface area (Å²) in [6.45, 7) is 2.26. The smallest absolute Gasteiger partial charge is 0.251 e. The van der Waals surface area contributed by atoms with Crippen molar-refractivity contribution in [2.45, 2.75) is 13.5 Å². The van der Waals surface area contributed by atoms with E-state index in [9.17, 15) is 0 Å². The van der Waals surface area contributed by atoms with E-state index in [1.807, 2.05) is 13.0 Å². The van der Waals surface area contributed by atoms with E-state index in [1.54, 1.807) is 6.20 Å². The van der Waals surface area contributed by atoms with Gasteiger partial charge in [-0.15, -0.1) is 0 Å². The molecule has 0 bridgehead atoms. The molecule has 0 spiro atoms. The van der Waals surface area contributed by atoms with E-state index < -0.39 is 0 Å². The Labute approximate surface area is 91.9 Å². The third-order valence-corrected chi connectivity index (χ3v) is 2.06. The molecule has 0 atom stereocenters. The Morgan fingerprint density at radius 1 is 1.47 bits per heavy atom. The van der Waals surface area contributed by atoms with E-state index in [4.69, 9.17) is 17.3 Å². The number of halogens is 1. The lowest BCUT2D eigenvalue weighted by Gasteiger charge is -2.03. The molecule has 0 amide bonds. The summed E-state index contributed by atoms with van der Waals surface area (Å²) in [5.74, 6) is 0.488. The number of hydrogen-bond donors (Lipinski definition) is 1. The minimum absolute atomic E-state index is 0.380. The maximum Gasteiger partial charge on any atom is 0.251 e. The van der Waals surface area contributed by atoms with Crippen molar-refractivity contribution < 1.29 is 0 Å². The highest BCUT2D eigenvalue weighted by atomic mass is 35.5. The van der Waals surface area contributed by atoms with Crippen LogP contribution in [0.4, 0.5) is 0 Å². The second-order valence-corrected chi connectivity index (χ2v) is 3.54. The molecule has 0 unspecified atom stereocenters. The number of nitrogens with two attached hydrogens (primary N) is 1. The summed E-state index contributed by atoms with van der Waals surface area (Å²) in [7, 11) is 0. The maximum atomic E-state index is 5.76. The molecule has 2 heterocycles. The molecule has 2 rings (SSSR count). The zero-order valence-corrected chi connectivity index (χ0v) is 8.94. The molecule has 6 heteroatoms. The lowest BCUT2D eigenvalue weighted by molar-refractivity contribution is 0.782. The van der Waals surface area contributed by atoms with Gasteiger partial charge in [0.15, 0.2) is 0 Å². The predicted molar refractivity (Wildman–Crippen MR) is 56.8 cm³/mol. The van der Waals surface area contributed by atoms with Gasteiger partial charge >= 0.3 is 0 Å². The van der Waals surface area contributed by atoms with Crippen molar-refractivity contribution in [3.8, 4) is 5.95 Å². The zero-order valence-electron chi connectivity index (χ0n) is 8.18. The van der Waals surface area contributed by atoms with Crippen molar-refractivity contribution >= 4 is 11.6 Å². The second kappa shape index (κ2) is 3.96. The van der Waals surface area contributed by atoms with E-state index in [1.165, 1.54) is 10.9 Å². The first-order valence-electron chi connectivity index (χ1n) is 4.44. The Balaban J connectivity index is 2.48. The van der Waals surface area contributed by atoms with Crippen molar-refractivity contribution in [1.29, 1.82) is 0 Å². The average molecular weight is 224 g/mol. The van der Waals surface area contributed by atoms with E-state index in [0.29, 0.717) is 17.5 Å². The van der Waals surface area contributed by atoms with Gasteiger partial charge in [0.05, 0.1) is 23.1 Å². The van der Waals surface area contributed by atoms with E-state index >= 15 is 0 Å². The summed E-state index contributed by atoms with van der Waals surface area (Å²) >= 11 is 5.76. The van der Waals surface area contributed by atoms with Crippen molar-refractivity contribution in [2.75, 3.05) is 0 Å². The van der Waals surface area contributed by atoms with Crippen molar-refractivity contribution in [3.05, 3.63) is 34.9 Å². The van der Waals surface area contributed by atoms with Crippen molar-refractivity contribution in [3.63, 3.8) is 0 Å². The molecule has 78 valence electrons. The predicted octanol–water partition coefficient (Wildman–Crippen LogP) is 1.08. The quantitative estimate of drug-likeness (QED) is 0.827. The monoisotopic (exact) mass is 223 g/mol.